The lowest BCUT2D eigenvalue weighted by Gasteiger charge is -2.19. The molecule has 1 aromatic heterocycles. The van der Waals surface area contributed by atoms with Gasteiger partial charge in [0.2, 0.25) is 11.8 Å². The molecule has 2 bridgehead atoms. The second kappa shape index (κ2) is 10.0. The lowest BCUT2D eigenvalue weighted by Crippen LogP contribution is -2.32. The molecule has 2 saturated carbocycles. The van der Waals surface area contributed by atoms with E-state index in [0.717, 1.165) is 23.7 Å². The summed E-state index contributed by atoms with van der Waals surface area (Å²) in [4.78, 5) is 58.8. The van der Waals surface area contributed by atoms with Crippen LogP contribution in [0.15, 0.2) is 83.3 Å². The molecule has 3 fully saturated rings. The van der Waals surface area contributed by atoms with Crippen molar-refractivity contribution >= 4 is 56.1 Å². The number of aromatic nitrogens is 1. The molecule has 4 aromatic rings. The summed E-state index contributed by atoms with van der Waals surface area (Å²) in [7, 11) is 0. The van der Waals surface area contributed by atoms with Crippen LogP contribution in [0.3, 0.4) is 0 Å². The SMILES string of the molecule is O=C(COC(=O)c1cc(-c2cccc(N3C(=O)[C@@H]4[C@H]5CC[C@@H](C5)[C@H]4C3=O)c2)nc2ccccc12)c1ccc(Br)cc1. The highest BCUT2D eigenvalue weighted by Gasteiger charge is 2.61. The number of fused-ring (bicyclic) bond motifs is 6. The maximum Gasteiger partial charge on any atom is 0.339 e. The first-order valence-corrected chi connectivity index (χ1v) is 14.5. The molecule has 7 rings (SSSR count). The Hall–Kier alpha value is -4.17. The number of imide groups is 1. The van der Waals surface area contributed by atoms with Crippen molar-refractivity contribution in [2.24, 2.45) is 23.7 Å². The van der Waals surface area contributed by atoms with Crippen LogP contribution in [0, 0.1) is 23.7 Å². The first-order chi connectivity index (χ1) is 19.9. The number of pyridine rings is 1. The van der Waals surface area contributed by atoms with E-state index in [2.05, 4.69) is 15.9 Å². The van der Waals surface area contributed by atoms with Crippen LogP contribution in [0.25, 0.3) is 22.2 Å². The molecule has 8 heteroatoms. The van der Waals surface area contributed by atoms with Crippen LogP contribution in [-0.4, -0.2) is 35.2 Å². The molecule has 0 unspecified atom stereocenters. The first kappa shape index (κ1) is 25.8. The van der Waals surface area contributed by atoms with Gasteiger partial charge in [0.1, 0.15) is 0 Å². The summed E-state index contributed by atoms with van der Waals surface area (Å²) in [6.45, 7) is -0.397. The summed E-state index contributed by atoms with van der Waals surface area (Å²) in [5.41, 5.74) is 2.98. The Kier molecular flexibility index (Phi) is 6.31. The average molecular weight is 609 g/mol. The van der Waals surface area contributed by atoms with Crippen molar-refractivity contribution < 1.29 is 23.9 Å². The van der Waals surface area contributed by atoms with Gasteiger partial charge in [-0.1, -0.05) is 58.4 Å². The number of halogens is 1. The van der Waals surface area contributed by atoms with Crippen LogP contribution in [0.1, 0.15) is 40.0 Å². The minimum Gasteiger partial charge on any atom is -0.454 e. The van der Waals surface area contributed by atoms with Crippen molar-refractivity contribution in [1.82, 2.24) is 4.98 Å². The Morgan fingerprint density at radius 2 is 1.59 bits per heavy atom. The van der Waals surface area contributed by atoms with Gasteiger partial charge < -0.3 is 4.74 Å². The number of benzene rings is 3. The highest BCUT2D eigenvalue weighted by molar-refractivity contribution is 9.10. The maximum absolute atomic E-state index is 13.4. The molecule has 1 saturated heterocycles. The van der Waals surface area contributed by atoms with Crippen LogP contribution in [0.5, 0.6) is 0 Å². The number of carbonyl (C=O) groups excluding carboxylic acids is 4. The summed E-state index contributed by atoms with van der Waals surface area (Å²) in [5, 5.41) is 0.599. The second-order valence-corrected chi connectivity index (χ2v) is 11.9. The number of amides is 2. The summed E-state index contributed by atoms with van der Waals surface area (Å²) < 4.78 is 6.30. The van der Waals surface area contributed by atoms with Gasteiger partial charge in [0.05, 0.1) is 34.3 Å². The Morgan fingerprint density at radius 1 is 0.878 bits per heavy atom. The van der Waals surface area contributed by atoms with Crippen LogP contribution in [0.4, 0.5) is 5.69 Å². The van der Waals surface area contributed by atoms with E-state index in [1.165, 1.54) is 4.90 Å². The second-order valence-electron chi connectivity index (χ2n) is 11.0. The molecule has 3 aromatic carbocycles. The van der Waals surface area contributed by atoms with E-state index in [1.54, 1.807) is 60.7 Å². The Labute approximate surface area is 244 Å². The zero-order chi connectivity index (χ0) is 28.2. The van der Waals surface area contributed by atoms with E-state index in [0.29, 0.717) is 45.2 Å². The van der Waals surface area contributed by atoms with Crippen molar-refractivity contribution in [3.05, 3.63) is 94.5 Å². The van der Waals surface area contributed by atoms with Gasteiger partial charge in [-0.3, -0.25) is 19.3 Å². The molecule has 2 heterocycles. The summed E-state index contributed by atoms with van der Waals surface area (Å²) >= 11 is 3.35. The summed E-state index contributed by atoms with van der Waals surface area (Å²) in [6, 6.07) is 22.9. The van der Waals surface area contributed by atoms with Crippen LogP contribution in [0.2, 0.25) is 0 Å². The number of hydrogen-bond acceptors (Lipinski definition) is 6. The molecule has 2 aliphatic carbocycles. The van der Waals surface area contributed by atoms with Gasteiger partial charge in [-0.05, 0) is 67.5 Å². The van der Waals surface area contributed by atoms with Crippen molar-refractivity contribution in [2.45, 2.75) is 19.3 Å². The highest BCUT2D eigenvalue weighted by Crippen LogP contribution is 2.56. The molecule has 204 valence electrons. The Bertz CT molecular complexity index is 1720. The van der Waals surface area contributed by atoms with Gasteiger partial charge in [0.15, 0.2) is 12.4 Å². The fourth-order valence-corrected chi connectivity index (χ4v) is 7.15. The van der Waals surface area contributed by atoms with E-state index in [1.807, 2.05) is 18.2 Å². The van der Waals surface area contributed by atoms with E-state index in [4.69, 9.17) is 9.72 Å². The smallest absolute Gasteiger partial charge is 0.339 e. The van der Waals surface area contributed by atoms with Crippen molar-refractivity contribution in [3.63, 3.8) is 0 Å². The average Bonchev–Trinajstić information content (AvgIpc) is 3.69. The normalized spacial score (nSPS) is 22.8. The largest absolute Gasteiger partial charge is 0.454 e. The minimum atomic E-state index is -0.639. The molecule has 4 atom stereocenters. The minimum absolute atomic E-state index is 0.101. The zero-order valence-corrected chi connectivity index (χ0v) is 23.5. The van der Waals surface area contributed by atoms with Crippen LogP contribution < -0.4 is 4.90 Å². The maximum atomic E-state index is 13.4. The lowest BCUT2D eigenvalue weighted by molar-refractivity contribution is -0.123. The monoisotopic (exact) mass is 608 g/mol. The lowest BCUT2D eigenvalue weighted by atomic mass is 9.81. The van der Waals surface area contributed by atoms with Gasteiger partial charge in [-0.25, -0.2) is 9.78 Å². The predicted octanol–water partition coefficient (Wildman–Crippen LogP) is 6.24. The molecular formula is C33H25BrN2O5. The molecule has 0 spiro atoms. The number of carbonyl (C=O) groups is 4. The number of anilines is 1. The number of esters is 1. The number of nitrogens with zero attached hydrogens (tertiary/aromatic N) is 2. The predicted molar refractivity (Wildman–Crippen MR) is 156 cm³/mol. The Balaban J connectivity index is 1.19. The van der Waals surface area contributed by atoms with Gasteiger partial charge in [0, 0.05) is 21.0 Å². The molecule has 1 aliphatic heterocycles. The number of ketones is 1. The fraction of sp³-hybridized carbons (Fsp3) is 0.242. The van der Waals surface area contributed by atoms with Gasteiger partial charge >= 0.3 is 5.97 Å². The molecule has 2 amide bonds. The molecule has 41 heavy (non-hydrogen) atoms. The topological polar surface area (TPSA) is 93.6 Å². The molecule has 0 N–H and O–H groups in total. The first-order valence-electron chi connectivity index (χ1n) is 13.7. The number of para-hydroxylation sites is 1. The number of hydrogen-bond donors (Lipinski definition) is 0. The van der Waals surface area contributed by atoms with Crippen molar-refractivity contribution in [2.75, 3.05) is 11.5 Å². The summed E-state index contributed by atoms with van der Waals surface area (Å²) in [6.07, 6.45) is 3.02. The third-order valence-corrected chi connectivity index (χ3v) is 9.29. The van der Waals surface area contributed by atoms with E-state index < -0.39 is 12.6 Å². The zero-order valence-electron chi connectivity index (χ0n) is 22.0. The van der Waals surface area contributed by atoms with Crippen molar-refractivity contribution in [1.29, 1.82) is 0 Å². The third-order valence-electron chi connectivity index (χ3n) is 8.76. The molecular weight excluding hydrogens is 584 g/mol. The van der Waals surface area contributed by atoms with E-state index >= 15 is 0 Å². The third kappa shape index (κ3) is 4.37. The summed E-state index contributed by atoms with van der Waals surface area (Å²) in [5.74, 6) is -0.946. The van der Waals surface area contributed by atoms with Gasteiger partial charge in [-0.15, -0.1) is 0 Å². The quantitative estimate of drug-likeness (QED) is 0.146. The van der Waals surface area contributed by atoms with Gasteiger partial charge in [0.25, 0.3) is 0 Å². The van der Waals surface area contributed by atoms with Gasteiger partial charge in [-0.2, -0.15) is 0 Å². The van der Waals surface area contributed by atoms with Crippen LogP contribution in [-0.2, 0) is 14.3 Å². The molecule has 3 aliphatic rings. The van der Waals surface area contributed by atoms with Crippen molar-refractivity contribution in [3.8, 4) is 11.3 Å². The number of Topliss-reactive ketones (excluding diaryl/α,β-unsaturated/α-hetero) is 1. The number of rotatable bonds is 6. The Morgan fingerprint density at radius 3 is 2.32 bits per heavy atom. The molecule has 0 radical (unpaired) electrons. The fourth-order valence-electron chi connectivity index (χ4n) is 6.89. The van der Waals surface area contributed by atoms with Crippen LogP contribution >= 0.6 is 15.9 Å². The van der Waals surface area contributed by atoms with E-state index in [9.17, 15) is 19.2 Å². The van der Waals surface area contributed by atoms with E-state index in [-0.39, 0.29) is 35.0 Å². The standard InChI is InChI=1S/C33H25BrN2O5/c34-22-12-10-18(11-13-22)28(37)17-41-33(40)25-16-27(35-26-7-2-1-6-24(25)26)19-4-3-5-23(15-19)36-31(38)29-20-8-9-21(14-20)30(29)32(36)39/h1-7,10-13,15-16,20-21,29-30H,8-9,14,17H2/t20-,21-,29+,30+/m0/s1. The highest BCUT2D eigenvalue weighted by atomic mass is 79.9. The number of ether oxygens (including phenoxy) is 1. The molecule has 7 nitrogen and oxygen atoms in total.